The van der Waals surface area contributed by atoms with Crippen LogP contribution in [0.15, 0.2) is 43.0 Å². The van der Waals surface area contributed by atoms with E-state index in [2.05, 4.69) is 11.9 Å². The molecule has 2 aliphatic heterocycles. The molecular weight excluding hydrogens is 366 g/mol. The first-order valence-electron chi connectivity index (χ1n) is 10.3. The van der Waals surface area contributed by atoms with Gasteiger partial charge in [0, 0.05) is 31.6 Å². The van der Waals surface area contributed by atoms with E-state index < -0.39 is 5.41 Å². The van der Waals surface area contributed by atoms with Gasteiger partial charge >= 0.3 is 0 Å². The van der Waals surface area contributed by atoms with E-state index >= 15 is 0 Å². The van der Waals surface area contributed by atoms with Gasteiger partial charge in [0.1, 0.15) is 0 Å². The van der Waals surface area contributed by atoms with E-state index in [1.165, 1.54) is 6.08 Å². The lowest BCUT2D eigenvalue weighted by molar-refractivity contribution is -0.134. The average Bonchev–Trinajstić information content (AvgIpc) is 3.08. The zero-order chi connectivity index (χ0) is 21.2. The Morgan fingerprint density at radius 1 is 1.17 bits per heavy atom. The Morgan fingerprint density at radius 2 is 1.79 bits per heavy atom. The molecule has 1 unspecified atom stereocenters. The summed E-state index contributed by atoms with van der Waals surface area (Å²) < 4.78 is 0. The smallest absolute Gasteiger partial charge is 0.245 e. The quantitative estimate of drug-likeness (QED) is 0.793. The van der Waals surface area contributed by atoms with E-state index in [0.717, 1.165) is 5.56 Å². The van der Waals surface area contributed by atoms with E-state index in [1.807, 2.05) is 56.0 Å². The van der Waals surface area contributed by atoms with Crippen LogP contribution in [0.3, 0.4) is 0 Å². The molecule has 0 saturated carbocycles. The number of hydrogen-bond acceptors (Lipinski definition) is 3. The highest BCUT2D eigenvalue weighted by molar-refractivity contribution is 5.91. The molecule has 0 aromatic heterocycles. The third-order valence-corrected chi connectivity index (χ3v) is 6.13. The maximum Gasteiger partial charge on any atom is 0.245 e. The van der Waals surface area contributed by atoms with Crippen molar-refractivity contribution in [3.8, 4) is 0 Å². The van der Waals surface area contributed by atoms with Crippen molar-refractivity contribution >= 4 is 17.7 Å². The summed E-state index contributed by atoms with van der Waals surface area (Å²) in [5.41, 5.74) is 0.00165. The lowest BCUT2D eigenvalue weighted by atomic mass is 9.71. The fourth-order valence-corrected chi connectivity index (χ4v) is 4.42. The standard InChI is InChI=1S/C23H31N3O3/c1-5-19(27)25-13-11-23(12-14-25,17-9-7-6-8-10-17)21(29)24-18-15-20(28)26(16-18)22(2,3)4/h5-10,18H,1,11-16H2,2-4H3,(H,24,29). The molecule has 0 spiro atoms. The number of rotatable bonds is 4. The van der Waals surface area contributed by atoms with Crippen molar-refractivity contribution in [3.63, 3.8) is 0 Å². The Balaban J connectivity index is 1.79. The molecule has 1 aromatic carbocycles. The first kappa shape index (κ1) is 21.1. The maximum absolute atomic E-state index is 13.5. The molecule has 2 heterocycles. The largest absolute Gasteiger partial charge is 0.350 e. The minimum atomic E-state index is -0.697. The van der Waals surface area contributed by atoms with Gasteiger partial charge in [-0.15, -0.1) is 0 Å². The van der Waals surface area contributed by atoms with Crippen LogP contribution in [0, 0.1) is 0 Å². The van der Waals surface area contributed by atoms with Gasteiger partial charge in [0.25, 0.3) is 0 Å². The summed E-state index contributed by atoms with van der Waals surface area (Å²) in [6, 6.07) is 9.57. The Bertz CT molecular complexity index is 789. The van der Waals surface area contributed by atoms with Gasteiger partial charge in [-0.2, -0.15) is 0 Å². The third kappa shape index (κ3) is 4.21. The van der Waals surface area contributed by atoms with E-state index in [-0.39, 0.29) is 29.3 Å². The maximum atomic E-state index is 13.5. The molecule has 6 heteroatoms. The average molecular weight is 398 g/mol. The SMILES string of the molecule is C=CC(=O)N1CCC(C(=O)NC2CC(=O)N(C(C)(C)C)C2)(c2ccccc2)CC1. The molecule has 2 fully saturated rings. The molecule has 0 aliphatic carbocycles. The number of hydrogen-bond donors (Lipinski definition) is 1. The van der Waals surface area contributed by atoms with E-state index in [4.69, 9.17) is 0 Å². The highest BCUT2D eigenvalue weighted by atomic mass is 16.2. The first-order chi connectivity index (χ1) is 13.7. The third-order valence-electron chi connectivity index (χ3n) is 6.13. The molecular formula is C23H31N3O3. The Hall–Kier alpha value is -2.63. The van der Waals surface area contributed by atoms with Crippen LogP contribution in [0.1, 0.15) is 45.6 Å². The molecule has 0 radical (unpaired) electrons. The second-order valence-electron chi connectivity index (χ2n) is 9.03. The van der Waals surface area contributed by atoms with Gasteiger partial charge in [-0.05, 0) is 45.3 Å². The van der Waals surface area contributed by atoms with Crippen LogP contribution in [-0.4, -0.2) is 58.7 Å². The molecule has 6 nitrogen and oxygen atoms in total. The van der Waals surface area contributed by atoms with E-state index in [0.29, 0.717) is 38.9 Å². The van der Waals surface area contributed by atoms with Crippen molar-refractivity contribution in [1.82, 2.24) is 15.1 Å². The lowest BCUT2D eigenvalue weighted by Crippen LogP contribution is -2.55. The van der Waals surface area contributed by atoms with Gasteiger partial charge < -0.3 is 15.1 Å². The van der Waals surface area contributed by atoms with Crippen molar-refractivity contribution in [2.45, 2.75) is 57.0 Å². The zero-order valence-corrected chi connectivity index (χ0v) is 17.6. The molecule has 2 aliphatic rings. The number of piperidine rings is 1. The number of benzene rings is 1. The Morgan fingerprint density at radius 3 is 2.31 bits per heavy atom. The molecule has 1 aromatic rings. The highest BCUT2D eigenvalue weighted by Crippen LogP contribution is 2.36. The Labute approximate surface area is 172 Å². The molecule has 1 N–H and O–H groups in total. The molecule has 3 rings (SSSR count). The van der Waals surface area contributed by atoms with Crippen LogP contribution >= 0.6 is 0 Å². The van der Waals surface area contributed by atoms with Gasteiger partial charge in [0.05, 0.1) is 11.5 Å². The molecule has 2 saturated heterocycles. The number of nitrogens with zero attached hydrogens (tertiary/aromatic N) is 2. The van der Waals surface area contributed by atoms with Crippen molar-refractivity contribution in [2.24, 2.45) is 0 Å². The van der Waals surface area contributed by atoms with Gasteiger partial charge in [0.15, 0.2) is 0 Å². The normalized spacial score (nSPS) is 21.8. The van der Waals surface area contributed by atoms with Gasteiger partial charge in [-0.3, -0.25) is 14.4 Å². The molecule has 3 amide bonds. The number of likely N-dealkylation sites (tertiary alicyclic amines) is 2. The predicted octanol–water partition coefficient (Wildman–Crippen LogP) is 2.25. The fraction of sp³-hybridized carbons (Fsp3) is 0.522. The molecule has 1 atom stereocenters. The second-order valence-corrected chi connectivity index (χ2v) is 9.03. The van der Waals surface area contributed by atoms with Crippen LogP contribution in [0.2, 0.25) is 0 Å². The van der Waals surface area contributed by atoms with Gasteiger partial charge in [-0.25, -0.2) is 0 Å². The van der Waals surface area contributed by atoms with Crippen LogP contribution in [-0.2, 0) is 19.8 Å². The van der Waals surface area contributed by atoms with Crippen LogP contribution in [0.5, 0.6) is 0 Å². The van der Waals surface area contributed by atoms with Crippen molar-refractivity contribution in [3.05, 3.63) is 48.6 Å². The second kappa shape index (κ2) is 8.01. The molecule has 0 bridgehead atoms. The van der Waals surface area contributed by atoms with E-state index in [1.54, 1.807) is 4.90 Å². The summed E-state index contributed by atoms with van der Waals surface area (Å²) >= 11 is 0. The van der Waals surface area contributed by atoms with Crippen molar-refractivity contribution in [1.29, 1.82) is 0 Å². The lowest BCUT2D eigenvalue weighted by Gasteiger charge is -2.41. The summed E-state index contributed by atoms with van der Waals surface area (Å²) in [7, 11) is 0. The van der Waals surface area contributed by atoms with Gasteiger partial charge in [0.2, 0.25) is 17.7 Å². The fourth-order valence-electron chi connectivity index (χ4n) is 4.42. The Kier molecular flexibility index (Phi) is 5.82. The summed E-state index contributed by atoms with van der Waals surface area (Å²) in [6.45, 7) is 11.1. The monoisotopic (exact) mass is 397 g/mol. The summed E-state index contributed by atoms with van der Waals surface area (Å²) in [6.07, 6.45) is 2.74. The summed E-state index contributed by atoms with van der Waals surface area (Å²) in [5, 5.41) is 3.15. The predicted molar refractivity (Wildman–Crippen MR) is 112 cm³/mol. The van der Waals surface area contributed by atoms with Crippen LogP contribution < -0.4 is 5.32 Å². The molecule has 29 heavy (non-hydrogen) atoms. The summed E-state index contributed by atoms with van der Waals surface area (Å²) in [5.74, 6) is -0.0831. The summed E-state index contributed by atoms with van der Waals surface area (Å²) in [4.78, 5) is 41.5. The van der Waals surface area contributed by atoms with Crippen molar-refractivity contribution in [2.75, 3.05) is 19.6 Å². The first-order valence-corrected chi connectivity index (χ1v) is 10.3. The van der Waals surface area contributed by atoms with Crippen LogP contribution in [0.25, 0.3) is 0 Å². The highest BCUT2D eigenvalue weighted by Gasteiger charge is 2.45. The minimum absolute atomic E-state index is 0.0528. The number of amides is 3. The molecule has 156 valence electrons. The number of carbonyl (C=O) groups excluding carboxylic acids is 3. The number of carbonyl (C=O) groups is 3. The van der Waals surface area contributed by atoms with E-state index in [9.17, 15) is 14.4 Å². The number of nitrogens with one attached hydrogen (secondary N) is 1. The minimum Gasteiger partial charge on any atom is -0.350 e. The zero-order valence-electron chi connectivity index (χ0n) is 17.6. The topological polar surface area (TPSA) is 69.7 Å². The van der Waals surface area contributed by atoms with Crippen molar-refractivity contribution < 1.29 is 14.4 Å². The van der Waals surface area contributed by atoms with Crippen LogP contribution in [0.4, 0.5) is 0 Å². The van der Waals surface area contributed by atoms with Gasteiger partial charge in [-0.1, -0.05) is 36.9 Å².